The number of ether oxygens (including phenoxy) is 1. The molecule has 1 unspecified atom stereocenters. The summed E-state index contributed by atoms with van der Waals surface area (Å²) in [7, 11) is 0. The molecule has 2 rings (SSSR count). The molecular weight excluding hydrogens is 342 g/mol. The van der Waals surface area contributed by atoms with Crippen molar-refractivity contribution < 1.29 is 9.53 Å². The fraction of sp³-hybridized carbons (Fsp3) is 0.533. The van der Waals surface area contributed by atoms with Crippen LogP contribution in [0.1, 0.15) is 19.3 Å². The lowest BCUT2D eigenvalue weighted by molar-refractivity contribution is -0.135. The molecule has 1 aromatic rings. The Kier molecular flexibility index (Phi) is 6.17. The molecule has 1 heterocycles. The van der Waals surface area contributed by atoms with Gasteiger partial charge in [0.15, 0.2) is 6.61 Å². The Morgan fingerprint density at radius 2 is 2.35 bits per heavy atom. The van der Waals surface area contributed by atoms with Crippen LogP contribution in [0, 0.1) is 5.92 Å². The number of alkyl halides is 1. The van der Waals surface area contributed by atoms with Crippen molar-refractivity contribution in [3.8, 4) is 5.75 Å². The number of hydrogen-bond donors (Lipinski definition) is 0. The van der Waals surface area contributed by atoms with Gasteiger partial charge in [0.1, 0.15) is 5.75 Å². The van der Waals surface area contributed by atoms with Crippen molar-refractivity contribution in [1.29, 1.82) is 0 Å². The molecule has 1 amide bonds. The predicted octanol–water partition coefficient (Wildman–Crippen LogP) is 3.74. The second kappa shape index (κ2) is 7.89. The first-order valence-corrected chi connectivity index (χ1v) is 8.41. The van der Waals surface area contributed by atoms with Crippen LogP contribution < -0.4 is 4.74 Å². The lowest BCUT2D eigenvalue weighted by Gasteiger charge is -2.32. The van der Waals surface area contributed by atoms with Crippen LogP contribution >= 0.6 is 27.5 Å². The van der Waals surface area contributed by atoms with Crippen molar-refractivity contribution in [2.45, 2.75) is 19.3 Å². The first kappa shape index (κ1) is 15.6. The molecule has 0 bridgehead atoms. The maximum atomic E-state index is 12.2. The highest BCUT2D eigenvalue weighted by atomic mass is 79.9. The minimum Gasteiger partial charge on any atom is -0.484 e. The average Bonchev–Trinajstić information content (AvgIpc) is 2.45. The number of hydrogen-bond acceptors (Lipinski definition) is 2. The Hall–Kier alpha value is -0.740. The quantitative estimate of drug-likeness (QED) is 0.749. The van der Waals surface area contributed by atoms with Crippen LogP contribution in [-0.2, 0) is 4.79 Å². The molecule has 3 nitrogen and oxygen atoms in total. The van der Waals surface area contributed by atoms with Crippen molar-refractivity contribution in [2.24, 2.45) is 5.92 Å². The Bertz CT molecular complexity index is 453. The van der Waals surface area contributed by atoms with E-state index < -0.39 is 0 Å². The van der Waals surface area contributed by atoms with Crippen LogP contribution in [0.2, 0.25) is 5.02 Å². The Morgan fingerprint density at radius 1 is 1.50 bits per heavy atom. The van der Waals surface area contributed by atoms with Crippen molar-refractivity contribution >= 4 is 33.4 Å². The van der Waals surface area contributed by atoms with Crippen molar-refractivity contribution in [1.82, 2.24) is 4.90 Å². The number of carbonyl (C=O) groups excluding carboxylic acids is 1. The first-order chi connectivity index (χ1) is 9.69. The van der Waals surface area contributed by atoms with E-state index in [0.29, 0.717) is 16.7 Å². The summed E-state index contributed by atoms with van der Waals surface area (Å²) in [4.78, 5) is 14.1. The zero-order valence-electron chi connectivity index (χ0n) is 11.4. The average molecular weight is 361 g/mol. The van der Waals surface area contributed by atoms with Gasteiger partial charge in [0.2, 0.25) is 0 Å². The van der Waals surface area contributed by atoms with E-state index in [0.717, 1.165) is 31.3 Å². The monoisotopic (exact) mass is 359 g/mol. The molecule has 110 valence electrons. The van der Waals surface area contributed by atoms with Crippen molar-refractivity contribution in [3.63, 3.8) is 0 Å². The van der Waals surface area contributed by atoms with E-state index >= 15 is 0 Å². The minimum atomic E-state index is 0.0595. The summed E-state index contributed by atoms with van der Waals surface area (Å²) in [6.45, 7) is 1.78. The van der Waals surface area contributed by atoms with E-state index in [2.05, 4.69) is 15.9 Å². The number of halogens is 2. The minimum absolute atomic E-state index is 0.0595. The number of benzene rings is 1. The largest absolute Gasteiger partial charge is 0.484 e. The van der Waals surface area contributed by atoms with Gasteiger partial charge in [0, 0.05) is 23.4 Å². The van der Waals surface area contributed by atoms with E-state index in [4.69, 9.17) is 16.3 Å². The van der Waals surface area contributed by atoms with Gasteiger partial charge in [-0.25, -0.2) is 0 Å². The van der Waals surface area contributed by atoms with Gasteiger partial charge in [-0.05, 0) is 43.4 Å². The third-order valence-electron chi connectivity index (χ3n) is 3.55. The van der Waals surface area contributed by atoms with Crippen LogP contribution in [0.15, 0.2) is 24.3 Å². The summed E-state index contributed by atoms with van der Waals surface area (Å²) < 4.78 is 5.51. The van der Waals surface area contributed by atoms with Crippen LogP contribution in [-0.4, -0.2) is 35.8 Å². The zero-order chi connectivity index (χ0) is 14.4. The summed E-state index contributed by atoms with van der Waals surface area (Å²) in [5, 5.41) is 1.61. The van der Waals surface area contributed by atoms with Gasteiger partial charge in [-0.3, -0.25) is 4.79 Å². The molecule has 0 spiro atoms. The molecule has 1 aromatic carbocycles. The second-order valence-corrected chi connectivity index (χ2v) is 6.30. The molecule has 0 saturated carbocycles. The Labute approximate surface area is 133 Å². The molecule has 5 heteroatoms. The fourth-order valence-corrected chi connectivity index (χ4v) is 3.30. The molecule has 1 atom stereocenters. The number of amides is 1. The van der Waals surface area contributed by atoms with E-state index in [1.165, 1.54) is 6.42 Å². The lowest BCUT2D eigenvalue weighted by atomic mass is 9.96. The third-order valence-corrected chi connectivity index (χ3v) is 4.24. The maximum Gasteiger partial charge on any atom is 0.260 e. The standard InChI is InChI=1S/C15H19BrClNO2/c16-7-6-12-3-2-8-18(10-12)15(19)11-20-14-5-1-4-13(17)9-14/h1,4-5,9,12H,2-3,6-8,10-11H2. The summed E-state index contributed by atoms with van der Waals surface area (Å²) in [6, 6.07) is 7.13. The molecule has 1 aliphatic rings. The molecule has 1 saturated heterocycles. The van der Waals surface area contributed by atoms with E-state index in [1.807, 2.05) is 17.0 Å². The highest BCUT2D eigenvalue weighted by Gasteiger charge is 2.23. The summed E-state index contributed by atoms with van der Waals surface area (Å²) in [5.41, 5.74) is 0. The fourth-order valence-electron chi connectivity index (χ4n) is 2.47. The van der Waals surface area contributed by atoms with Gasteiger partial charge in [0.05, 0.1) is 0 Å². The van der Waals surface area contributed by atoms with Crippen LogP contribution in [0.25, 0.3) is 0 Å². The number of piperidine rings is 1. The lowest BCUT2D eigenvalue weighted by Crippen LogP contribution is -2.42. The summed E-state index contributed by atoms with van der Waals surface area (Å²) in [5.74, 6) is 1.31. The van der Waals surface area contributed by atoms with Crippen molar-refractivity contribution in [2.75, 3.05) is 25.0 Å². The first-order valence-electron chi connectivity index (χ1n) is 6.91. The second-order valence-electron chi connectivity index (χ2n) is 5.07. The number of rotatable bonds is 5. The zero-order valence-corrected chi connectivity index (χ0v) is 13.7. The van der Waals surface area contributed by atoms with Crippen molar-refractivity contribution in [3.05, 3.63) is 29.3 Å². The molecular formula is C15H19BrClNO2. The van der Waals surface area contributed by atoms with E-state index in [1.54, 1.807) is 12.1 Å². The highest BCUT2D eigenvalue weighted by molar-refractivity contribution is 9.09. The van der Waals surface area contributed by atoms with Gasteiger partial charge >= 0.3 is 0 Å². The van der Waals surface area contributed by atoms with E-state index in [9.17, 15) is 4.79 Å². The summed E-state index contributed by atoms with van der Waals surface area (Å²) in [6.07, 6.45) is 3.42. The topological polar surface area (TPSA) is 29.5 Å². The smallest absolute Gasteiger partial charge is 0.260 e. The SMILES string of the molecule is O=C(COc1cccc(Cl)c1)N1CCCC(CCBr)C1. The Balaban J connectivity index is 1.82. The van der Waals surface area contributed by atoms with Gasteiger partial charge in [-0.1, -0.05) is 33.6 Å². The normalized spacial score (nSPS) is 18.9. The molecule has 0 aliphatic carbocycles. The molecule has 0 radical (unpaired) electrons. The highest BCUT2D eigenvalue weighted by Crippen LogP contribution is 2.21. The number of likely N-dealkylation sites (tertiary alicyclic amines) is 1. The van der Waals surface area contributed by atoms with Gasteiger partial charge in [-0.2, -0.15) is 0 Å². The summed E-state index contributed by atoms with van der Waals surface area (Å²) >= 11 is 9.35. The van der Waals surface area contributed by atoms with Gasteiger partial charge < -0.3 is 9.64 Å². The molecule has 1 fully saturated rings. The number of carbonyl (C=O) groups is 1. The molecule has 0 N–H and O–H groups in total. The predicted molar refractivity (Wildman–Crippen MR) is 84.7 cm³/mol. The molecule has 1 aliphatic heterocycles. The van der Waals surface area contributed by atoms with E-state index in [-0.39, 0.29) is 12.5 Å². The molecule has 20 heavy (non-hydrogen) atoms. The maximum absolute atomic E-state index is 12.2. The van der Waals surface area contributed by atoms with Crippen LogP contribution in [0.4, 0.5) is 0 Å². The number of nitrogens with zero attached hydrogens (tertiary/aromatic N) is 1. The van der Waals surface area contributed by atoms with Gasteiger partial charge in [0.25, 0.3) is 5.91 Å². The third kappa shape index (κ3) is 4.67. The van der Waals surface area contributed by atoms with Gasteiger partial charge in [-0.15, -0.1) is 0 Å². The molecule has 0 aromatic heterocycles. The van der Waals surface area contributed by atoms with Crippen LogP contribution in [0.5, 0.6) is 5.75 Å². The van der Waals surface area contributed by atoms with Crippen LogP contribution in [0.3, 0.4) is 0 Å². The Morgan fingerprint density at radius 3 is 3.10 bits per heavy atom.